The molecule has 0 aromatic rings. The summed E-state index contributed by atoms with van der Waals surface area (Å²) in [7, 11) is 0. The van der Waals surface area contributed by atoms with Crippen LogP contribution in [0.3, 0.4) is 0 Å². The zero-order valence-electron chi connectivity index (χ0n) is 12.5. The van der Waals surface area contributed by atoms with Crippen LogP contribution in [0.2, 0.25) is 0 Å². The van der Waals surface area contributed by atoms with Crippen molar-refractivity contribution in [3.8, 4) is 0 Å². The summed E-state index contributed by atoms with van der Waals surface area (Å²) >= 11 is 0. The predicted molar refractivity (Wildman–Crippen MR) is 75.6 cm³/mol. The zero-order chi connectivity index (χ0) is 14.2. The fourth-order valence-corrected chi connectivity index (χ4v) is 1.75. The number of aliphatic hydroxyl groups excluding tert-OH is 1. The van der Waals surface area contributed by atoms with Gasteiger partial charge in [-0.05, 0) is 30.6 Å². The Balaban J connectivity index is 3.82. The molecule has 4 nitrogen and oxygen atoms in total. The van der Waals surface area contributed by atoms with Crippen LogP contribution in [0.25, 0.3) is 0 Å². The second-order valence-corrected chi connectivity index (χ2v) is 6.43. The molecule has 0 saturated heterocycles. The molecule has 1 atom stereocenters. The first-order valence-electron chi connectivity index (χ1n) is 6.91. The number of hydrogen-bond acceptors (Lipinski definition) is 2. The molecule has 0 heterocycles. The van der Waals surface area contributed by atoms with Gasteiger partial charge >= 0.3 is 6.03 Å². The van der Waals surface area contributed by atoms with E-state index >= 15 is 0 Å². The SMILES string of the molecule is CC(C)C(CCO)NC(=O)NCCCC(C)(C)C. The number of rotatable bonds is 7. The quantitative estimate of drug-likeness (QED) is 0.614. The third kappa shape index (κ3) is 9.28. The zero-order valence-corrected chi connectivity index (χ0v) is 12.5. The van der Waals surface area contributed by atoms with Crippen molar-refractivity contribution in [3.05, 3.63) is 0 Å². The summed E-state index contributed by atoms with van der Waals surface area (Å²) < 4.78 is 0. The van der Waals surface area contributed by atoms with Crippen molar-refractivity contribution in [2.24, 2.45) is 11.3 Å². The molecule has 0 rings (SSSR count). The summed E-state index contributed by atoms with van der Waals surface area (Å²) in [4.78, 5) is 11.7. The minimum absolute atomic E-state index is 0.0395. The Hall–Kier alpha value is -0.770. The maximum Gasteiger partial charge on any atom is 0.315 e. The van der Waals surface area contributed by atoms with Gasteiger partial charge < -0.3 is 15.7 Å². The molecule has 18 heavy (non-hydrogen) atoms. The maximum absolute atomic E-state index is 11.7. The number of carbonyl (C=O) groups is 1. The lowest BCUT2D eigenvalue weighted by atomic mass is 9.91. The minimum atomic E-state index is -0.129. The Morgan fingerprint density at radius 1 is 1.28 bits per heavy atom. The fraction of sp³-hybridized carbons (Fsp3) is 0.929. The monoisotopic (exact) mass is 258 g/mol. The van der Waals surface area contributed by atoms with Gasteiger partial charge in [0.25, 0.3) is 0 Å². The minimum Gasteiger partial charge on any atom is -0.396 e. The molecule has 0 aliphatic rings. The van der Waals surface area contributed by atoms with Gasteiger partial charge in [0.15, 0.2) is 0 Å². The van der Waals surface area contributed by atoms with E-state index in [1.165, 1.54) is 0 Å². The summed E-state index contributed by atoms with van der Waals surface area (Å²) in [6, 6.07) is -0.0892. The van der Waals surface area contributed by atoms with Crippen molar-refractivity contribution < 1.29 is 9.90 Å². The van der Waals surface area contributed by atoms with Gasteiger partial charge in [-0.25, -0.2) is 4.79 Å². The van der Waals surface area contributed by atoms with E-state index < -0.39 is 0 Å². The van der Waals surface area contributed by atoms with Crippen LogP contribution in [0, 0.1) is 11.3 Å². The Morgan fingerprint density at radius 2 is 1.89 bits per heavy atom. The van der Waals surface area contributed by atoms with E-state index in [4.69, 9.17) is 5.11 Å². The molecule has 2 amide bonds. The van der Waals surface area contributed by atoms with Crippen LogP contribution in [-0.4, -0.2) is 30.3 Å². The molecular weight excluding hydrogens is 228 g/mol. The molecule has 0 saturated carbocycles. The third-order valence-corrected chi connectivity index (χ3v) is 2.95. The summed E-state index contributed by atoms with van der Waals surface area (Å²) in [5, 5.41) is 14.7. The molecule has 3 N–H and O–H groups in total. The highest BCUT2D eigenvalue weighted by molar-refractivity contribution is 5.74. The summed E-state index contributed by atoms with van der Waals surface area (Å²) in [6.07, 6.45) is 2.69. The molecule has 0 aromatic carbocycles. The van der Waals surface area contributed by atoms with Crippen LogP contribution in [0.5, 0.6) is 0 Å². The van der Waals surface area contributed by atoms with Crippen LogP contribution in [0.1, 0.15) is 53.9 Å². The Kier molecular flexibility index (Phi) is 8.00. The van der Waals surface area contributed by atoms with Crippen molar-refractivity contribution in [1.82, 2.24) is 10.6 Å². The van der Waals surface area contributed by atoms with Crippen LogP contribution in [0.15, 0.2) is 0 Å². The summed E-state index contributed by atoms with van der Waals surface area (Å²) in [6.45, 7) is 11.5. The van der Waals surface area contributed by atoms with E-state index in [1.54, 1.807) is 0 Å². The first-order valence-corrected chi connectivity index (χ1v) is 6.91. The van der Waals surface area contributed by atoms with Gasteiger partial charge in [-0.3, -0.25) is 0 Å². The summed E-state index contributed by atoms with van der Waals surface area (Å²) in [5.41, 5.74) is 0.315. The van der Waals surface area contributed by atoms with Crippen LogP contribution in [-0.2, 0) is 0 Å². The van der Waals surface area contributed by atoms with Gasteiger partial charge in [0.1, 0.15) is 0 Å². The first-order chi connectivity index (χ1) is 8.26. The molecule has 108 valence electrons. The smallest absolute Gasteiger partial charge is 0.315 e. The molecule has 4 heteroatoms. The van der Waals surface area contributed by atoms with E-state index in [0.29, 0.717) is 24.3 Å². The molecule has 0 radical (unpaired) electrons. The van der Waals surface area contributed by atoms with E-state index in [-0.39, 0.29) is 18.7 Å². The van der Waals surface area contributed by atoms with Crippen molar-refractivity contribution in [2.75, 3.05) is 13.2 Å². The van der Waals surface area contributed by atoms with E-state index in [1.807, 2.05) is 13.8 Å². The molecule has 0 fully saturated rings. The lowest BCUT2D eigenvalue weighted by molar-refractivity contribution is 0.218. The van der Waals surface area contributed by atoms with Gasteiger partial charge in [0, 0.05) is 19.2 Å². The van der Waals surface area contributed by atoms with Gasteiger partial charge in [-0.15, -0.1) is 0 Å². The second kappa shape index (κ2) is 8.35. The number of nitrogens with one attached hydrogen (secondary N) is 2. The number of urea groups is 1. The summed E-state index contributed by atoms with van der Waals surface area (Å²) in [5.74, 6) is 0.331. The lowest BCUT2D eigenvalue weighted by Crippen LogP contribution is -2.45. The van der Waals surface area contributed by atoms with Crippen molar-refractivity contribution >= 4 is 6.03 Å². The molecular formula is C14H30N2O2. The van der Waals surface area contributed by atoms with Gasteiger partial charge in [-0.1, -0.05) is 34.6 Å². The topological polar surface area (TPSA) is 61.4 Å². The second-order valence-electron chi connectivity index (χ2n) is 6.43. The lowest BCUT2D eigenvalue weighted by Gasteiger charge is -2.22. The van der Waals surface area contributed by atoms with Crippen molar-refractivity contribution in [3.63, 3.8) is 0 Å². The number of hydrogen-bond donors (Lipinski definition) is 3. The highest BCUT2D eigenvalue weighted by Crippen LogP contribution is 2.19. The van der Waals surface area contributed by atoms with Crippen LogP contribution < -0.4 is 10.6 Å². The van der Waals surface area contributed by atoms with Gasteiger partial charge in [0.2, 0.25) is 0 Å². The molecule has 0 aliphatic carbocycles. The van der Waals surface area contributed by atoms with E-state index in [2.05, 4.69) is 31.4 Å². The van der Waals surface area contributed by atoms with Crippen molar-refractivity contribution in [2.45, 2.75) is 59.9 Å². The standard InChI is InChI=1S/C14H30N2O2/c1-11(2)12(7-10-17)16-13(18)15-9-6-8-14(3,4)5/h11-12,17H,6-10H2,1-5H3,(H2,15,16,18). The average Bonchev–Trinajstić information content (AvgIpc) is 2.22. The van der Waals surface area contributed by atoms with E-state index in [9.17, 15) is 4.79 Å². The normalized spacial score (nSPS) is 13.5. The Bertz CT molecular complexity index is 234. The number of amides is 2. The largest absolute Gasteiger partial charge is 0.396 e. The molecule has 1 unspecified atom stereocenters. The fourth-order valence-electron chi connectivity index (χ4n) is 1.75. The maximum atomic E-state index is 11.7. The Labute approximate surface area is 112 Å². The van der Waals surface area contributed by atoms with Gasteiger partial charge in [0.05, 0.1) is 0 Å². The predicted octanol–water partition coefficient (Wildman–Crippen LogP) is 2.52. The molecule has 0 bridgehead atoms. The van der Waals surface area contributed by atoms with Crippen LogP contribution >= 0.6 is 0 Å². The van der Waals surface area contributed by atoms with Crippen LogP contribution in [0.4, 0.5) is 4.79 Å². The highest BCUT2D eigenvalue weighted by Gasteiger charge is 2.15. The van der Waals surface area contributed by atoms with Gasteiger partial charge in [-0.2, -0.15) is 0 Å². The highest BCUT2D eigenvalue weighted by atomic mass is 16.3. The molecule has 0 spiro atoms. The van der Waals surface area contributed by atoms with Crippen molar-refractivity contribution in [1.29, 1.82) is 0 Å². The number of carbonyl (C=O) groups excluding carboxylic acids is 1. The molecule has 0 aromatic heterocycles. The average molecular weight is 258 g/mol. The first kappa shape index (κ1) is 17.2. The van der Waals surface area contributed by atoms with E-state index in [0.717, 1.165) is 12.8 Å². The molecule has 0 aliphatic heterocycles. The number of aliphatic hydroxyl groups is 1. The Morgan fingerprint density at radius 3 is 2.33 bits per heavy atom. The third-order valence-electron chi connectivity index (χ3n) is 2.95.